The summed E-state index contributed by atoms with van der Waals surface area (Å²) in [5.41, 5.74) is 10.7. The van der Waals surface area contributed by atoms with E-state index in [0.717, 1.165) is 0 Å². The van der Waals surface area contributed by atoms with Crippen LogP contribution in [0.4, 0.5) is 5.95 Å². The summed E-state index contributed by atoms with van der Waals surface area (Å²) >= 11 is 0. The van der Waals surface area contributed by atoms with Gasteiger partial charge in [-0.15, -0.1) is 0 Å². The molecule has 3 heterocycles. The lowest BCUT2D eigenvalue weighted by molar-refractivity contribution is -0.123. The number of carbonyl (C=O) groups excluding carboxylic acids is 2. The number of amides is 1. The van der Waals surface area contributed by atoms with Crippen molar-refractivity contribution < 1.29 is 24.5 Å². The number of carbonyl (C=O) groups is 2. The molecule has 0 saturated carbocycles. The summed E-state index contributed by atoms with van der Waals surface area (Å²) in [6, 6.07) is -0.874. The third-order valence-corrected chi connectivity index (χ3v) is 4.47. The summed E-state index contributed by atoms with van der Waals surface area (Å²) < 4.78 is 6.93. The van der Waals surface area contributed by atoms with Crippen molar-refractivity contribution in [3.05, 3.63) is 16.7 Å². The number of hydrogen-bond donors (Lipinski definition) is 6. The second kappa shape index (κ2) is 8.02. The highest BCUT2D eigenvalue weighted by atomic mass is 16.6. The molecule has 13 nitrogen and oxygen atoms in total. The number of aliphatic hydroxyl groups is 2. The molecule has 2 aromatic rings. The number of nitrogen functional groups attached to an aromatic ring is 1. The van der Waals surface area contributed by atoms with Crippen molar-refractivity contribution in [1.82, 2.24) is 24.8 Å². The van der Waals surface area contributed by atoms with Gasteiger partial charge in [0.05, 0.1) is 12.4 Å². The summed E-state index contributed by atoms with van der Waals surface area (Å²) in [6.07, 6.45) is -2.49. The highest BCUT2D eigenvalue weighted by molar-refractivity contribution is 5.81. The van der Waals surface area contributed by atoms with E-state index in [1.807, 2.05) is 0 Å². The molecule has 0 radical (unpaired) electrons. The molecule has 1 amide bonds. The third kappa shape index (κ3) is 3.73. The van der Waals surface area contributed by atoms with Gasteiger partial charge in [0.25, 0.3) is 5.56 Å². The molecule has 0 spiro atoms. The van der Waals surface area contributed by atoms with Crippen LogP contribution < -0.4 is 22.3 Å². The van der Waals surface area contributed by atoms with Crippen molar-refractivity contribution in [1.29, 1.82) is 0 Å². The van der Waals surface area contributed by atoms with Crippen LogP contribution in [0.15, 0.2) is 11.1 Å². The Hall–Kier alpha value is -2.87. The second-order valence-corrected chi connectivity index (χ2v) is 6.42. The van der Waals surface area contributed by atoms with Crippen molar-refractivity contribution >= 4 is 29.3 Å². The van der Waals surface area contributed by atoms with Gasteiger partial charge in [-0.2, -0.15) is 4.98 Å². The Bertz CT molecular complexity index is 927. The van der Waals surface area contributed by atoms with Gasteiger partial charge in [-0.3, -0.25) is 19.1 Å². The van der Waals surface area contributed by atoms with Crippen LogP contribution in [-0.4, -0.2) is 72.8 Å². The number of aromatic amines is 1. The van der Waals surface area contributed by atoms with E-state index in [1.54, 1.807) is 0 Å². The molecule has 5 atom stereocenters. The zero-order chi connectivity index (χ0) is 20.4. The standard InChI is InChI=1S/C15H21N7O6/c16-6(2-1-3-23)12(26)18-4-7-9(24)10(25)14(28-7)22-5-19-8-11(22)20-15(17)21-13(8)27/h3,5-7,9-10,14,24-25H,1-2,4,16H2,(H,18,26)(H3,17,20,21,27)/t6?,7-,9-,10-,14-/m1/s1. The molecular weight excluding hydrogens is 374 g/mol. The maximum Gasteiger partial charge on any atom is 0.280 e. The van der Waals surface area contributed by atoms with E-state index >= 15 is 0 Å². The third-order valence-electron chi connectivity index (χ3n) is 4.47. The van der Waals surface area contributed by atoms with Gasteiger partial charge in [0.15, 0.2) is 17.4 Å². The van der Waals surface area contributed by atoms with Gasteiger partial charge in [-0.1, -0.05) is 0 Å². The van der Waals surface area contributed by atoms with E-state index in [0.29, 0.717) is 6.29 Å². The number of fused-ring (bicyclic) bond motifs is 1. The van der Waals surface area contributed by atoms with Gasteiger partial charge in [0, 0.05) is 13.0 Å². The first-order valence-corrected chi connectivity index (χ1v) is 8.54. The minimum Gasteiger partial charge on any atom is -0.387 e. The minimum absolute atomic E-state index is 0.00241. The SMILES string of the molecule is Nc1nc2c(ncn2[C@@H]2O[C@H](CNC(=O)C(N)CCC=O)[C@@H](O)[C@H]2O)c(=O)[nH]1. The highest BCUT2D eigenvalue weighted by Gasteiger charge is 2.44. The quantitative estimate of drug-likeness (QED) is 0.257. The Balaban J connectivity index is 1.72. The largest absolute Gasteiger partial charge is 0.387 e. The number of anilines is 1. The van der Waals surface area contributed by atoms with Gasteiger partial charge < -0.3 is 36.5 Å². The van der Waals surface area contributed by atoms with Gasteiger partial charge in [0.1, 0.15) is 24.6 Å². The van der Waals surface area contributed by atoms with Crippen molar-refractivity contribution in [2.75, 3.05) is 12.3 Å². The molecule has 28 heavy (non-hydrogen) atoms. The number of ether oxygens (including phenoxy) is 1. The lowest BCUT2D eigenvalue weighted by Gasteiger charge is -2.17. The average molecular weight is 395 g/mol. The topological polar surface area (TPSA) is 211 Å². The number of aldehydes is 1. The number of nitrogens with zero attached hydrogens (tertiary/aromatic N) is 3. The fourth-order valence-corrected chi connectivity index (χ4v) is 2.97. The van der Waals surface area contributed by atoms with Crippen molar-refractivity contribution in [2.24, 2.45) is 5.73 Å². The lowest BCUT2D eigenvalue weighted by atomic mass is 10.1. The maximum absolute atomic E-state index is 11.9. The van der Waals surface area contributed by atoms with Gasteiger partial charge in [-0.05, 0) is 6.42 Å². The summed E-state index contributed by atoms with van der Waals surface area (Å²) in [5.74, 6) is -0.648. The summed E-state index contributed by atoms with van der Waals surface area (Å²) in [4.78, 5) is 44.4. The summed E-state index contributed by atoms with van der Waals surface area (Å²) in [7, 11) is 0. The Morgan fingerprint density at radius 1 is 1.46 bits per heavy atom. The van der Waals surface area contributed by atoms with E-state index in [2.05, 4.69) is 20.3 Å². The van der Waals surface area contributed by atoms with E-state index in [1.165, 1.54) is 10.9 Å². The predicted molar refractivity (Wildman–Crippen MR) is 94.8 cm³/mol. The van der Waals surface area contributed by atoms with Crippen LogP contribution in [0.25, 0.3) is 11.2 Å². The van der Waals surface area contributed by atoms with Crippen LogP contribution in [0.5, 0.6) is 0 Å². The number of hydrogen-bond acceptors (Lipinski definition) is 10. The monoisotopic (exact) mass is 395 g/mol. The fraction of sp³-hybridized carbons (Fsp3) is 0.533. The number of nitrogens with two attached hydrogens (primary N) is 2. The summed E-state index contributed by atoms with van der Waals surface area (Å²) in [6.45, 7) is -0.120. The second-order valence-electron chi connectivity index (χ2n) is 6.42. The van der Waals surface area contributed by atoms with Crippen molar-refractivity contribution in [3.63, 3.8) is 0 Å². The predicted octanol–water partition coefficient (Wildman–Crippen LogP) is -3.26. The first kappa shape index (κ1) is 19.9. The smallest absolute Gasteiger partial charge is 0.280 e. The number of aliphatic hydroxyl groups excluding tert-OH is 2. The number of nitrogens with one attached hydrogen (secondary N) is 2. The Morgan fingerprint density at radius 3 is 2.93 bits per heavy atom. The normalized spacial score (nSPS) is 25.7. The van der Waals surface area contributed by atoms with Gasteiger partial charge in [0.2, 0.25) is 11.9 Å². The molecule has 0 aliphatic carbocycles. The van der Waals surface area contributed by atoms with Crippen molar-refractivity contribution in [2.45, 2.75) is 43.4 Å². The minimum atomic E-state index is -1.37. The molecule has 1 aliphatic rings. The molecule has 13 heteroatoms. The average Bonchev–Trinajstić information content (AvgIpc) is 3.19. The highest BCUT2D eigenvalue weighted by Crippen LogP contribution is 2.30. The van der Waals surface area contributed by atoms with Crippen LogP contribution in [0, 0.1) is 0 Å². The molecule has 8 N–H and O–H groups in total. The van der Waals surface area contributed by atoms with Crippen LogP contribution >= 0.6 is 0 Å². The van der Waals surface area contributed by atoms with E-state index < -0.39 is 42.0 Å². The van der Waals surface area contributed by atoms with Gasteiger partial charge in [-0.25, -0.2) is 4.98 Å². The van der Waals surface area contributed by atoms with Crippen LogP contribution in [-0.2, 0) is 14.3 Å². The zero-order valence-corrected chi connectivity index (χ0v) is 14.7. The number of imidazole rings is 1. The molecule has 1 saturated heterocycles. The molecule has 152 valence electrons. The molecule has 1 unspecified atom stereocenters. The Kier molecular flexibility index (Phi) is 5.69. The Morgan fingerprint density at radius 2 is 2.21 bits per heavy atom. The van der Waals surface area contributed by atoms with Crippen LogP contribution in [0.2, 0.25) is 0 Å². The fourth-order valence-electron chi connectivity index (χ4n) is 2.97. The number of rotatable bonds is 7. The summed E-state index contributed by atoms with van der Waals surface area (Å²) in [5, 5.41) is 23.1. The first-order valence-electron chi connectivity index (χ1n) is 8.54. The molecule has 1 aliphatic heterocycles. The number of aromatic nitrogens is 4. The maximum atomic E-state index is 11.9. The first-order chi connectivity index (χ1) is 13.3. The van der Waals surface area contributed by atoms with Gasteiger partial charge >= 0.3 is 0 Å². The molecule has 2 aromatic heterocycles. The van der Waals surface area contributed by atoms with E-state index in [9.17, 15) is 24.6 Å². The molecule has 3 rings (SSSR count). The molecule has 1 fully saturated rings. The molecule has 0 aromatic carbocycles. The van der Waals surface area contributed by atoms with E-state index in [4.69, 9.17) is 16.2 Å². The molecule has 0 bridgehead atoms. The Labute approximate surface area is 157 Å². The molecular formula is C15H21N7O6. The van der Waals surface area contributed by atoms with E-state index in [-0.39, 0.29) is 36.5 Å². The van der Waals surface area contributed by atoms with Crippen LogP contribution in [0.1, 0.15) is 19.1 Å². The zero-order valence-electron chi connectivity index (χ0n) is 14.7. The van der Waals surface area contributed by atoms with Crippen molar-refractivity contribution in [3.8, 4) is 0 Å². The number of H-pyrrole nitrogens is 1. The lowest BCUT2D eigenvalue weighted by Crippen LogP contribution is -2.46. The van der Waals surface area contributed by atoms with Crippen LogP contribution in [0.3, 0.4) is 0 Å².